The molecule has 0 radical (unpaired) electrons. The van der Waals surface area contributed by atoms with Gasteiger partial charge in [0.2, 0.25) is 21.8 Å². The van der Waals surface area contributed by atoms with E-state index in [1.807, 2.05) is 52.0 Å². The molecule has 2 aromatic rings. The normalized spacial score (nSPS) is 12.7. The first-order valence-electron chi connectivity index (χ1n) is 11.1. The number of aryl methyl sites for hydroxylation is 1. The lowest BCUT2D eigenvalue weighted by Gasteiger charge is -2.34. The predicted molar refractivity (Wildman–Crippen MR) is 132 cm³/mol. The molecular weight excluding hydrogens is 457 g/mol. The Hall–Kier alpha value is -2.94. The van der Waals surface area contributed by atoms with Gasteiger partial charge in [0.25, 0.3) is 0 Å². The molecule has 34 heavy (non-hydrogen) atoms. The van der Waals surface area contributed by atoms with Crippen molar-refractivity contribution >= 4 is 27.5 Å². The van der Waals surface area contributed by atoms with E-state index in [1.165, 1.54) is 17.0 Å². The first-order valence-corrected chi connectivity index (χ1v) is 13.0. The van der Waals surface area contributed by atoms with Gasteiger partial charge in [-0.25, -0.2) is 12.8 Å². The number of hydrogen-bond acceptors (Lipinski definition) is 4. The molecule has 1 atom stereocenters. The van der Waals surface area contributed by atoms with Crippen molar-refractivity contribution < 1.29 is 22.4 Å². The van der Waals surface area contributed by atoms with E-state index in [0.29, 0.717) is 6.42 Å². The molecule has 0 unspecified atom stereocenters. The Morgan fingerprint density at radius 2 is 1.59 bits per heavy atom. The van der Waals surface area contributed by atoms with E-state index in [1.54, 1.807) is 6.92 Å². The van der Waals surface area contributed by atoms with Gasteiger partial charge >= 0.3 is 0 Å². The Bertz CT molecular complexity index is 1090. The summed E-state index contributed by atoms with van der Waals surface area (Å²) in [6.45, 7) is 8.92. The molecule has 0 aliphatic rings. The number of nitrogens with one attached hydrogen (secondary N) is 1. The monoisotopic (exact) mass is 491 g/mol. The van der Waals surface area contributed by atoms with Crippen LogP contribution in [0.15, 0.2) is 48.5 Å². The predicted octanol–water partition coefficient (Wildman–Crippen LogP) is 3.62. The average Bonchev–Trinajstić information content (AvgIpc) is 2.72. The van der Waals surface area contributed by atoms with Crippen LogP contribution in [-0.2, 0) is 26.2 Å². The largest absolute Gasteiger partial charge is 0.350 e. The number of sulfonamides is 1. The number of rotatable bonds is 9. The average molecular weight is 492 g/mol. The van der Waals surface area contributed by atoms with Crippen LogP contribution >= 0.6 is 0 Å². The van der Waals surface area contributed by atoms with Crippen molar-refractivity contribution in [2.75, 3.05) is 17.1 Å². The van der Waals surface area contributed by atoms with E-state index in [-0.39, 0.29) is 18.1 Å². The molecule has 7 nitrogen and oxygen atoms in total. The maximum absolute atomic E-state index is 13.5. The van der Waals surface area contributed by atoms with Gasteiger partial charge in [-0.15, -0.1) is 0 Å². The lowest BCUT2D eigenvalue weighted by molar-refractivity contribution is -0.141. The number of anilines is 1. The Balaban J connectivity index is 2.43. The van der Waals surface area contributed by atoms with Crippen molar-refractivity contribution in [2.45, 2.75) is 59.2 Å². The fraction of sp³-hybridized carbons (Fsp3) is 0.440. The SMILES string of the molecule is CC[C@@H](C(=O)NC(C)(C)C)N(Cc1ccc(C)cc1)C(=O)CN(c1ccc(F)cc1)S(C)(=O)=O. The van der Waals surface area contributed by atoms with Crippen LogP contribution in [0.25, 0.3) is 0 Å². The van der Waals surface area contributed by atoms with E-state index in [2.05, 4.69) is 5.32 Å². The quantitative estimate of drug-likeness (QED) is 0.581. The summed E-state index contributed by atoms with van der Waals surface area (Å²) < 4.78 is 39.3. The molecule has 2 rings (SSSR count). The second kappa shape index (κ2) is 11.0. The molecule has 2 aromatic carbocycles. The Morgan fingerprint density at radius 1 is 1.03 bits per heavy atom. The molecular formula is C25H34FN3O4S. The molecule has 0 fully saturated rings. The Morgan fingerprint density at radius 3 is 2.06 bits per heavy atom. The molecule has 9 heteroatoms. The van der Waals surface area contributed by atoms with Crippen LogP contribution in [0, 0.1) is 12.7 Å². The van der Waals surface area contributed by atoms with Crippen LogP contribution in [0.2, 0.25) is 0 Å². The standard InChI is InChI=1S/C25H34FN3O4S/c1-7-22(24(31)27-25(3,4)5)28(16-19-10-8-18(2)9-11-19)23(30)17-29(34(6,32)33)21-14-12-20(26)13-15-21/h8-15,22H,7,16-17H2,1-6H3,(H,27,31)/t22-/m0/s1. The number of nitrogens with zero attached hydrogens (tertiary/aromatic N) is 2. The van der Waals surface area contributed by atoms with E-state index in [0.717, 1.165) is 33.8 Å². The number of carbonyl (C=O) groups is 2. The molecule has 0 bridgehead atoms. The van der Waals surface area contributed by atoms with Crippen molar-refractivity contribution in [3.05, 3.63) is 65.5 Å². The fourth-order valence-electron chi connectivity index (χ4n) is 3.48. The third-order valence-corrected chi connectivity index (χ3v) is 6.29. The molecule has 0 saturated carbocycles. The first-order chi connectivity index (χ1) is 15.7. The van der Waals surface area contributed by atoms with Crippen molar-refractivity contribution in [3.8, 4) is 0 Å². The van der Waals surface area contributed by atoms with E-state index in [9.17, 15) is 22.4 Å². The molecule has 0 saturated heterocycles. The minimum atomic E-state index is -3.86. The highest BCUT2D eigenvalue weighted by Gasteiger charge is 2.33. The first kappa shape index (κ1) is 27.3. The summed E-state index contributed by atoms with van der Waals surface area (Å²) in [5.74, 6) is -1.37. The van der Waals surface area contributed by atoms with Gasteiger partial charge in [0.1, 0.15) is 18.4 Å². The summed E-state index contributed by atoms with van der Waals surface area (Å²) in [4.78, 5) is 28.0. The zero-order valence-corrected chi connectivity index (χ0v) is 21.4. The Kier molecular flexibility index (Phi) is 8.83. The lowest BCUT2D eigenvalue weighted by atomic mass is 10.1. The lowest BCUT2D eigenvalue weighted by Crippen LogP contribution is -2.55. The van der Waals surface area contributed by atoms with Gasteiger partial charge in [0.05, 0.1) is 11.9 Å². The number of carbonyl (C=O) groups excluding carboxylic acids is 2. The van der Waals surface area contributed by atoms with Gasteiger partial charge < -0.3 is 10.2 Å². The van der Waals surface area contributed by atoms with Crippen molar-refractivity contribution in [3.63, 3.8) is 0 Å². The number of amides is 2. The topological polar surface area (TPSA) is 86.8 Å². The van der Waals surface area contributed by atoms with Crippen molar-refractivity contribution in [1.82, 2.24) is 10.2 Å². The highest BCUT2D eigenvalue weighted by Crippen LogP contribution is 2.20. The van der Waals surface area contributed by atoms with Crippen LogP contribution in [0.4, 0.5) is 10.1 Å². The van der Waals surface area contributed by atoms with Gasteiger partial charge in [0, 0.05) is 12.1 Å². The molecule has 0 aliphatic heterocycles. The molecule has 186 valence electrons. The van der Waals surface area contributed by atoms with Crippen LogP contribution in [-0.4, -0.2) is 49.5 Å². The highest BCUT2D eigenvalue weighted by atomic mass is 32.2. The molecule has 0 aromatic heterocycles. The number of halogens is 1. The summed E-state index contributed by atoms with van der Waals surface area (Å²) >= 11 is 0. The summed E-state index contributed by atoms with van der Waals surface area (Å²) in [5.41, 5.74) is 1.53. The minimum absolute atomic E-state index is 0.135. The zero-order chi connectivity index (χ0) is 25.7. The van der Waals surface area contributed by atoms with Crippen molar-refractivity contribution in [1.29, 1.82) is 0 Å². The van der Waals surface area contributed by atoms with Crippen LogP contribution in [0.5, 0.6) is 0 Å². The highest BCUT2D eigenvalue weighted by molar-refractivity contribution is 7.92. The van der Waals surface area contributed by atoms with E-state index in [4.69, 9.17) is 0 Å². The van der Waals surface area contributed by atoms with Crippen LogP contribution < -0.4 is 9.62 Å². The third kappa shape index (κ3) is 7.83. The summed E-state index contributed by atoms with van der Waals surface area (Å²) in [6, 6.07) is 11.6. The Labute approximate surface area is 202 Å². The van der Waals surface area contributed by atoms with Crippen molar-refractivity contribution in [2.24, 2.45) is 0 Å². The molecule has 0 aliphatic carbocycles. The van der Waals surface area contributed by atoms with Gasteiger partial charge in [-0.05, 0) is 63.9 Å². The van der Waals surface area contributed by atoms with Gasteiger partial charge in [-0.1, -0.05) is 36.8 Å². The second-order valence-electron chi connectivity index (χ2n) is 9.42. The van der Waals surface area contributed by atoms with E-state index < -0.39 is 39.9 Å². The van der Waals surface area contributed by atoms with Gasteiger partial charge in [-0.3, -0.25) is 13.9 Å². The minimum Gasteiger partial charge on any atom is -0.350 e. The number of hydrogen-bond donors (Lipinski definition) is 1. The second-order valence-corrected chi connectivity index (χ2v) is 11.3. The molecule has 1 N–H and O–H groups in total. The maximum atomic E-state index is 13.5. The summed E-state index contributed by atoms with van der Waals surface area (Å²) in [6.07, 6.45) is 1.33. The summed E-state index contributed by atoms with van der Waals surface area (Å²) in [7, 11) is -3.86. The summed E-state index contributed by atoms with van der Waals surface area (Å²) in [5, 5.41) is 2.92. The van der Waals surface area contributed by atoms with Gasteiger partial charge in [-0.2, -0.15) is 0 Å². The van der Waals surface area contributed by atoms with Gasteiger partial charge in [0.15, 0.2) is 0 Å². The molecule has 2 amide bonds. The zero-order valence-electron chi connectivity index (χ0n) is 20.6. The molecule has 0 spiro atoms. The number of benzene rings is 2. The smallest absolute Gasteiger partial charge is 0.244 e. The van der Waals surface area contributed by atoms with E-state index >= 15 is 0 Å². The third-order valence-electron chi connectivity index (χ3n) is 5.15. The molecule has 0 heterocycles. The maximum Gasteiger partial charge on any atom is 0.244 e. The fourth-order valence-corrected chi connectivity index (χ4v) is 4.33. The van der Waals surface area contributed by atoms with Crippen LogP contribution in [0.1, 0.15) is 45.2 Å². The van der Waals surface area contributed by atoms with Crippen LogP contribution in [0.3, 0.4) is 0 Å².